The summed E-state index contributed by atoms with van der Waals surface area (Å²) in [5.74, 6) is 0.875. The molecule has 0 atom stereocenters. The molecule has 0 aliphatic heterocycles. The summed E-state index contributed by atoms with van der Waals surface area (Å²) < 4.78 is 5.14. The van der Waals surface area contributed by atoms with E-state index < -0.39 is 0 Å². The molecular formula is C14H18N2O. The Morgan fingerprint density at radius 3 is 2.47 bits per heavy atom. The van der Waals surface area contributed by atoms with Gasteiger partial charge in [0.15, 0.2) is 0 Å². The van der Waals surface area contributed by atoms with Gasteiger partial charge < -0.3 is 9.64 Å². The average Bonchev–Trinajstić information content (AvgIpc) is 3.09. The predicted molar refractivity (Wildman–Crippen MR) is 68.2 cm³/mol. The number of benzene rings is 1. The number of rotatable bonds is 5. The van der Waals surface area contributed by atoms with Gasteiger partial charge in [0.1, 0.15) is 5.75 Å². The Labute approximate surface area is 103 Å². The van der Waals surface area contributed by atoms with Crippen LogP contribution < -0.4 is 9.64 Å². The minimum absolute atomic E-state index is 0.253. The lowest BCUT2D eigenvalue weighted by Crippen LogP contribution is -2.26. The number of anilines is 1. The van der Waals surface area contributed by atoms with Gasteiger partial charge >= 0.3 is 0 Å². The summed E-state index contributed by atoms with van der Waals surface area (Å²) in [6.45, 7) is 0.965. The molecule has 1 aliphatic carbocycles. The molecule has 1 fully saturated rings. The summed E-state index contributed by atoms with van der Waals surface area (Å²) in [7, 11) is 3.75. The zero-order valence-corrected chi connectivity index (χ0v) is 10.4. The molecule has 0 N–H and O–H groups in total. The molecule has 3 nitrogen and oxygen atoms in total. The lowest BCUT2D eigenvalue weighted by molar-refractivity contribution is 0.415. The topological polar surface area (TPSA) is 36.3 Å². The second kappa shape index (κ2) is 4.67. The fourth-order valence-electron chi connectivity index (χ4n) is 2.17. The normalized spacial score (nSPS) is 16.1. The van der Waals surface area contributed by atoms with Gasteiger partial charge in [-0.1, -0.05) is 0 Å². The lowest BCUT2D eigenvalue weighted by atomic mass is 10.0. The van der Waals surface area contributed by atoms with E-state index in [1.54, 1.807) is 7.11 Å². The molecule has 0 bridgehead atoms. The van der Waals surface area contributed by atoms with Crippen molar-refractivity contribution in [2.24, 2.45) is 5.41 Å². The molecule has 1 aliphatic rings. The van der Waals surface area contributed by atoms with Crippen LogP contribution >= 0.6 is 0 Å². The number of nitrogens with zero attached hydrogens (tertiary/aromatic N) is 2. The Kier molecular flexibility index (Phi) is 3.23. The van der Waals surface area contributed by atoms with E-state index in [1.165, 1.54) is 18.5 Å². The monoisotopic (exact) mass is 230 g/mol. The molecule has 0 heterocycles. The second-order valence-corrected chi connectivity index (χ2v) is 4.89. The molecule has 0 unspecified atom stereocenters. The lowest BCUT2D eigenvalue weighted by Gasteiger charge is -2.24. The van der Waals surface area contributed by atoms with Crippen molar-refractivity contribution in [1.82, 2.24) is 0 Å². The van der Waals surface area contributed by atoms with Crippen LogP contribution in [-0.4, -0.2) is 20.7 Å². The maximum atomic E-state index is 8.81. The highest BCUT2D eigenvalue weighted by Crippen LogP contribution is 2.49. The SMILES string of the molecule is COc1ccc(N(C)CC2(CC#N)CC2)cc1. The smallest absolute Gasteiger partial charge is 0.119 e. The molecule has 1 aromatic carbocycles. The first-order valence-electron chi connectivity index (χ1n) is 5.91. The van der Waals surface area contributed by atoms with Crippen molar-refractivity contribution in [1.29, 1.82) is 5.26 Å². The third-order valence-corrected chi connectivity index (χ3v) is 3.50. The van der Waals surface area contributed by atoms with Gasteiger partial charge in [-0.25, -0.2) is 0 Å². The fraction of sp³-hybridized carbons (Fsp3) is 0.500. The van der Waals surface area contributed by atoms with Crippen LogP contribution in [0.15, 0.2) is 24.3 Å². The van der Waals surface area contributed by atoms with Gasteiger partial charge in [-0.2, -0.15) is 5.26 Å². The van der Waals surface area contributed by atoms with Gasteiger partial charge in [0.25, 0.3) is 0 Å². The van der Waals surface area contributed by atoms with Crippen LogP contribution in [0.1, 0.15) is 19.3 Å². The first-order valence-corrected chi connectivity index (χ1v) is 5.91. The van der Waals surface area contributed by atoms with Gasteiger partial charge in [-0.05, 0) is 37.1 Å². The Bertz CT molecular complexity index is 415. The van der Waals surface area contributed by atoms with Crippen LogP contribution in [0.25, 0.3) is 0 Å². The van der Waals surface area contributed by atoms with Crippen molar-refractivity contribution < 1.29 is 4.74 Å². The largest absolute Gasteiger partial charge is 0.497 e. The van der Waals surface area contributed by atoms with E-state index in [1.807, 2.05) is 12.1 Å². The average molecular weight is 230 g/mol. The van der Waals surface area contributed by atoms with Crippen LogP contribution in [0.5, 0.6) is 5.75 Å². The summed E-state index contributed by atoms with van der Waals surface area (Å²) in [6, 6.07) is 10.3. The first-order chi connectivity index (χ1) is 8.19. The van der Waals surface area contributed by atoms with Crippen LogP contribution in [0.4, 0.5) is 5.69 Å². The standard InChI is InChI=1S/C14H18N2O/c1-16(11-14(7-8-14)9-10-15)12-3-5-13(17-2)6-4-12/h3-6H,7-9,11H2,1-2H3. The molecule has 0 spiro atoms. The van der Waals surface area contributed by atoms with E-state index in [-0.39, 0.29) is 5.41 Å². The number of nitriles is 1. The predicted octanol–water partition coefficient (Wildman–Crippen LogP) is 2.83. The summed E-state index contributed by atoms with van der Waals surface area (Å²) in [4.78, 5) is 2.23. The molecule has 0 amide bonds. The highest BCUT2D eigenvalue weighted by molar-refractivity contribution is 5.48. The number of hydrogen-bond acceptors (Lipinski definition) is 3. The van der Waals surface area contributed by atoms with E-state index >= 15 is 0 Å². The first kappa shape index (κ1) is 11.8. The van der Waals surface area contributed by atoms with E-state index in [0.717, 1.165) is 12.3 Å². The zero-order chi connectivity index (χ0) is 12.3. The van der Waals surface area contributed by atoms with Crippen LogP contribution in [-0.2, 0) is 0 Å². The molecule has 17 heavy (non-hydrogen) atoms. The molecule has 0 radical (unpaired) electrons. The molecule has 2 rings (SSSR count). The van der Waals surface area contributed by atoms with E-state index in [4.69, 9.17) is 10.00 Å². The molecular weight excluding hydrogens is 212 g/mol. The number of methoxy groups -OCH3 is 1. The molecule has 1 aromatic rings. The van der Waals surface area contributed by atoms with Crippen LogP contribution in [0.2, 0.25) is 0 Å². The quantitative estimate of drug-likeness (QED) is 0.780. The van der Waals surface area contributed by atoms with Gasteiger partial charge in [-0.15, -0.1) is 0 Å². The van der Waals surface area contributed by atoms with E-state index in [2.05, 4.69) is 30.1 Å². The van der Waals surface area contributed by atoms with Crippen molar-refractivity contribution in [3.8, 4) is 11.8 Å². The molecule has 3 heteroatoms. The maximum absolute atomic E-state index is 8.81. The fourth-order valence-corrected chi connectivity index (χ4v) is 2.17. The Hall–Kier alpha value is -1.69. The molecule has 90 valence electrons. The van der Waals surface area contributed by atoms with Gasteiger partial charge in [-0.3, -0.25) is 0 Å². The van der Waals surface area contributed by atoms with Crippen LogP contribution in [0.3, 0.4) is 0 Å². The van der Waals surface area contributed by atoms with Crippen molar-refractivity contribution in [3.05, 3.63) is 24.3 Å². The summed E-state index contributed by atoms with van der Waals surface area (Å²) in [5, 5.41) is 8.81. The van der Waals surface area contributed by atoms with Crippen molar-refractivity contribution >= 4 is 5.69 Å². The number of ether oxygens (including phenoxy) is 1. The summed E-state index contributed by atoms with van der Waals surface area (Å²) >= 11 is 0. The van der Waals surface area contributed by atoms with Gasteiger partial charge in [0.2, 0.25) is 0 Å². The van der Waals surface area contributed by atoms with E-state index in [9.17, 15) is 0 Å². The molecule has 1 saturated carbocycles. The summed E-state index contributed by atoms with van der Waals surface area (Å²) in [6.07, 6.45) is 3.04. The minimum Gasteiger partial charge on any atom is -0.497 e. The minimum atomic E-state index is 0.253. The Morgan fingerprint density at radius 2 is 2.00 bits per heavy atom. The van der Waals surface area contributed by atoms with Crippen LogP contribution in [0, 0.1) is 16.7 Å². The van der Waals surface area contributed by atoms with Gasteiger partial charge in [0.05, 0.1) is 13.2 Å². The highest BCUT2D eigenvalue weighted by Gasteiger charge is 2.43. The second-order valence-electron chi connectivity index (χ2n) is 4.89. The summed E-state index contributed by atoms with van der Waals surface area (Å²) in [5.41, 5.74) is 1.43. The number of hydrogen-bond donors (Lipinski definition) is 0. The Balaban J connectivity index is 2.00. The third kappa shape index (κ3) is 2.71. The maximum Gasteiger partial charge on any atom is 0.119 e. The van der Waals surface area contributed by atoms with E-state index in [0.29, 0.717) is 6.42 Å². The highest BCUT2D eigenvalue weighted by atomic mass is 16.5. The van der Waals surface area contributed by atoms with Crippen molar-refractivity contribution in [2.75, 3.05) is 25.6 Å². The zero-order valence-electron chi connectivity index (χ0n) is 10.4. The van der Waals surface area contributed by atoms with Crippen molar-refractivity contribution in [2.45, 2.75) is 19.3 Å². The molecule has 0 aromatic heterocycles. The third-order valence-electron chi connectivity index (χ3n) is 3.50. The Morgan fingerprint density at radius 1 is 1.35 bits per heavy atom. The molecule has 0 saturated heterocycles. The van der Waals surface area contributed by atoms with Crippen molar-refractivity contribution in [3.63, 3.8) is 0 Å². The van der Waals surface area contributed by atoms with Gasteiger partial charge in [0, 0.05) is 31.1 Å².